The van der Waals surface area contributed by atoms with Crippen molar-refractivity contribution in [3.8, 4) is 0 Å². The van der Waals surface area contributed by atoms with E-state index in [0.717, 1.165) is 25.7 Å². The van der Waals surface area contributed by atoms with E-state index in [9.17, 15) is 9.59 Å². The normalized spacial score (nSPS) is 27.7. The van der Waals surface area contributed by atoms with Gasteiger partial charge >= 0.3 is 0 Å². The highest BCUT2D eigenvalue weighted by molar-refractivity contribution is 7.12. The average molecular weight is 369 g/mol. The number of ketones is 1. The maximum Gasteiger partial charge on any atom is 0.252 e. The molecular weight excluding hydrogens is 344 g/mol. The second kappa shape index (κ2) is 7.33. The van der Waals surface area contributed by atoms with Gasteiger partial charge in [-0.25, -0.2) is 0 Å². The van der Waals surface area contributed by atoms with Crippen molar-refractivity contribution in [2.45, 2.75) is 44.2 Å². The first-order valence-electron chi connectivity index (χ1n) is 9.37. The Morgan fingerprint density at radius 1 is 1.00 bits per heavy atom. The molecule has 0 spiro atoms. The van der Waals surface area contributed by atoms with Gasteiger partial charge in [0.05, 0.1) is 10.4 Å². The highest BCUT2D eigenvalue weighted by atomic mass is 32.1. The lowest BCUT2D eigenvalue weighted by molar-refractivity contribution is 0.0753. The van der Waals surface area contributed by atoms with Crippen LogP contribution in [0.15, 0.2) is 41.8 Å². The zero-order valence-corrected chi connectivity index (χ0v) is 15.5. The van der Waals surface area contributed by atoms with Crippen LogP contribution in [0.25, 0.3) is 0 Å². The molecule has 1 aromatic heterocycles. The van der Waals surface area contributed by atoms with E-state index in [1.807, 2.05) is 23.6 Å². The Hall–Kier alpha value is -1.98. The molecule has 0 saturated heterocycles. The number of hydrogen-bond donors (Lipinski definition) is 2. The minimum Gasteiger partial charge on any atom is -0.349 e. The Bertz CT molecular complexity index is 788. The van der Waals surface area contributed by atoms with Gasteiger partial charge in [0.15, 0.2) is 0 Å². The van der Waals surface area contributed by atoms with E-state index in [2.05, 4.69) is 5.32 Å². The van der Waals surface area contributed by atoms with E-state index < -0.39 is 0 Å². The van der Waals surface area contributed by atoms with Gasteiger partial charge in [-0.05, 0) is 55.0 Å². The fourth-order valence-corrected chi connectivity index (χ4v) is 5.35. The Labute approximate surface area is 157 Å². The number of fused-ring (bicyclic) bond motifs is 2. The summed E-state index contributed by atoms with van der Waals surface area (Å²) in [5.41, 5.74) is 7.14. The van der Waals surface area contributed by atoms with Crippen LogP contribution in [0, 0.1) is 11.8 Å². The largest absolute Gasteiger partial charge is 0.349 e. The van der Waals surface area contributed by atoms with Gasteiger partial charge in [0.2, 0.25) is 5.78 Å². The average Bonchev–Trinajstić information content (AvgIpc) is 3.16. The Kier molecular flexibility index (Phi) is 4.92. The zero-order valence-electron chi connectivity index (χ0n) is 14.7. The molecule has 2 aliphatic rings. The van der Waals surface area contributed by atoms with Crippen molar-refractivity contribution in [2.24, 2.45) is 17.6 Å². The van der Waals surface area contributed by atoms with Gasteiger partial charge < -0.3 is 11.1 Å². The molecule has 2 fully saturated rings. The lowest BCUT2D eigenvalue weighted by Gasteiger charge is -2.45. The third kappa shape index (κ3) is 3.33. The molecule has 3 N–H and O–H groups in total. The van der Waals surface area contributed by atoms with Gasteiger partial charge in [-0.1, -0.05) is 30.7 Å². The third-order valence-electron chi connectivity index (χ3n) is 5.84. The summed E-state index contributed by atoms with van der Waals surface area (Å²) < 4.78 is 0. The lowest BCUT2D eigenvalue weighted by atomic mass is 9.67. The molecule has 4 nitrogen and oxygen atoms in total. The Morgan fingerprint density at radius 3 is 2.35 bits per heavy atom. The summed E-state index contributed by atoms with van der Waals surface area (Å²) in [4.78, 5) is 26.5. The number of hydrogen-bond acceptors (Lipinski definition) is 4. The summed E-state index contributed by atoms with van der Waals surface area (Å²) in [5, 5.41) is 5.13. The van der Waals surface area contributed by atoms with Crippen molar-refractivity contribution in [3.63, 3.8) is 0 Å². The van der Waals surface area contributed by atoms with Crippen LogP contribution in [-0.2, 0) is 0 Å². The van der Waals surface area contributed by atoms with Crippen LogP contribution < -0.4 is 11.1 Å². The highest BCUT2D eigenvalue weighted by Crippen LogP contribution is 2.39. The van der Waals surface area contributed by atoms with Gasteiger partial charge in [0.1, 0.15) is 0 Å². The van der Waals surface area contributed by atoms with Gasteiger partial charge in [-0.15, -0.1) is 11.3 Å². The Balaban J connectivity index is 1.57. The van der Waals surface area contributed by atoms with Crippen LogP contribution in [0.2, 0.25) is 0 Å². The van der Waals surface area contributed by atoms with Gasteiger partial charge in [0.25, 0.3) is 5.91 Å². The van der Waals surface area contributed by atoms with Crippen molar-refractivity contribution in [3.05, 3.63) is 57.8 Å². The van der Waals surface area contributed by atoms with E-state index in [0.29, 0.717) is 27.8 Å². The molecule has 4 rings (SSSR count). The third-order valence-corrected chi connectivity index (χ3v) is 6.70. The maximum atomic E-state index is 13.0. The molecule has 2 aliphatic carbocycles. The van der Waals surface area contributed by atoms with Crippen molar-refractivity contribution in [2.75, 3.05) is 0 Å². The number of nitrogens with one attached hydrogen (secondary N) is 1. The number of carbonyl (C=O) groups excluding carboxylic acids is 2. The molecule has 1 aromatic carbocycles. The SMILES string of the molecule is NC1CC2CCCC(C1)C2NC(=O)c1ccccc1C(=O)c1cccs1. The van der Waals surface area contributed by atoms with E-state index in [4.69, 9.17) is 5.73 Å². The van der Waals surface area contributed by atoms with Crippen molar-refractivity contribution >= 4 is 23.0 Å². The number of carbonyl (C=O) groups is 2. The number of rotatable bonds is 4. The van der Waals surface area contributed by atoms with Crippen LogP contribution >= 0.6 is 11.3 Å². The second-order valence-corrected chi connectivity index (χ2v) is 8.48. The van der Waals surface area contributed by atoms with E-state index in [-0.39, 0.29) is 23.8 Å². The molecule has 2 unspecified atom stereocenters. The molecule has 136 valence electrons. The van der Waals surface area contributed by atoms with Gasteiger partial charge in [0, 0.05) is 17.6 Å². The summed E-state index contributed by atoms with van der Waals surface area (Å²) in [6, 6.07) is 11.2. The van der Waals surface area contributed by atoms with Crippen LogP contribution in [-0.4, -0.2) is 23.8 Å². The fourth-order valence-electron chi connectivity index (χ4n) is 4.67. The first-order valence-corrected chi connectivity index (χ1v) is 10.2. The zero-order chi connectivity index (χ0) is 18.1. The summed E-state index contributed by atoms with van der Waals surface area (Å²) in [6.45, 7) is 0. The molecule has 5 heteroatoms. The quantitative estimate of drug-likeness (QED) is 0.810. The van der Waals surface area contributed by atoms with Crippen LogP contribution in [0.4, 0.5) is 0 Å². The second-order valence-electron chi connectivity index (χ2n) is 7.53. The molecular formula is C21H24N2O2S. The smallest absolute Gasteiger partial charge is 0.252 e. The molecule has 2 bridgehead atoms. The summed E-state index contributed by atoms with van der Waals surface area (Å²) in [7, 11) is 0. The summed E-state index contributed by atoms with van der Waals surface area (Å²) in [6.07, 6.45) is 5.45. The predicted octanol–water partition coefficient (Wildman–Crippen LogP) is 3.61. The summed E-state index contributed by atoms with van der Waals surface area (Å²) in [5.74, 6) is 0.697. The van der Waals surface area contributed by atoms with Crippen LogP contribution in [0.5, 0.6) is 0 Å². The monoisotopic (exact) mass is 368 g/mol. The van der Waals surface area contributed by atoms with Crippen LogP contribution in [0.1, 0.15) is 57.7 Å². The number of benzene rings is 1. The molecule has 2 saturated carbocycles. The molecule has 2 atom stereocenters. The van der Waals surface area contributed by atoms with Gasteiger partial charge in [-0.2, -0.15) is 0 Å². The lowest BCUT2D eigenvalue weighted by Crippen LogP contribution is -2.53. The van der Waals surface area contributed by atoms with E-state index in [1.54, 1.807) is 18.2 Å². The maximum absolute atomic E-state index is 13.0. The van der Waals surface area contributed by atoms with Crippen LogP contribution in [0.3, 0.4) is 0 Å². The van der Waals surface area contributed by atoms with Crippen molar-refractivity contribution in [1.29, 1.82) is 0 Å². The Morgan fingerprint density at radius 2 is 1.69 bits per heavy atom. The molecule has 1 heterocycles. The number of thiophene rings is 1. The minimum atomic E-state index is -0.136. The molecule has 26 heavy (non-hydrogen) atoms. The van der Waals surface area contributed by atoms with Crippen molar-refractivity contribution < 1.29 is 9.59 Å². The fraction of sp³-hybridized carbons (Fsp3) is 0.429. The van der Waals surface area contributed by atoms with E-state index >= 15 is 0 Å². The van der Waals surface area contributed by atoms with E-state index in [1.165, 1.54) is 17.8 Å². The predicted molar refractivity (Wildman–Crippen MR) is 103 cm³/mol. The number of amides is 1. The molecule has 0 aliphatic heterocycles. The topological polar surface area (TPSA) is 72.2 Å². The highest BCUT2D eigenvalue weighted by Gasteiger charge is 2.40. The molecule has 1 amide bonds. The summed E-state index contributed by atoms with van der Waals surface area (Å²) >= 11 is 1.40. The molecule has 0 radical (unpaired) electrons. The standard InChI is InChI=1S/C21H24N2O2S/c22-15-11-13-5-3-6-14(12-15)19(13)23-21(25)17-8-2-1-7-16(17)20(24)18-9-4-10-26-18/h1-2,4,7-10,13-15,19H,3,5-6,11-12,22H2,(H,23,25). The molecule has 2 aromatic rings. The van der Waals surface area contributed by atoms with Gasteiger partial charge in [-0.3, -0.25) is 9.59 Å². The first kappa shape index (κ1) is 17.4. The minimum absolute atomic E-state index is 0.0865. The number of nitrogens with two attached hydrogens (primary N) is 1. The first-order chi connectivity index (χ1) is 12.6. The van der Waals surface area contributed by atoms with Crippen molar-refractivity contribution in [1.82, 2.24) is 5.32 Å².